The number of ketones is 5. The monoisotopic (exact) mass is 592 g/mol. The highest BCUT2D eigenvalue weighted by Crippen LogP contribution is 2.42. The molecule has 1 aliphatic rings. The van der Waals surface area contributed by atoms with Crippen molar-refractivity contribution in [3.8, 4) is 5.75 Å². The molecule has 3 atom stereocenters. The van der Waals surface area contributed by atoms with Crippen LogP contribution >= 0.6 is 0 Å². The van der Waals surface area contributed by atoms with Gasteiger partial charge in [-0.2, -0.15) is 0 Å². The van der Waals surface area contributed by atoms with E-state index in [0.29, 0.717) is 29.5 Å². The third kappa shape index (κ3) is 8.77. The highest BCUT2D eigenvalue weighted by atomic mass is 16.3. The average molecular weight is 593 g/mol. The molecule has 8 nitrogen and oxygen atoms in total. The Labute approximate surface area is 253 Å². The number of benzene rings is 2. The maximum Gasteiger partial charge on any atom is 0.167 e. The van der Waals surface area contributed by atoms with E-state index in [4.69, 9.17) is 0 Å². The summed E-state index contributed by atoms with van der Waals surface area (Å²) in [5.74, 6) is -2.28. The van der Waals surface area contributed by atoms with Gasteiger partial charge in [-0.05, 0) is 79.5 Å². The van der Waals surface area contributed by atoms with Gasteiger partial charge < -0.3 is 15.3 Å². The van der Waals surface area contributed by atoms with Gasteiger partial charge in [0.2, 0.25) is 0 Å². The molecule has 0 radical (unpaired) electrons. The number of carbonyl (C=O) groups excluding carboxylic acids is 5. The van der Waals surface area contributed by atoms with Crippen LogP contribution in [0.3, 0.4) is 0 Å². The van der Waals surface area contributed by atoms with E-state index in [9.17, 15) is 39.3 Å². The van der Waals surface area contributed by atoms with Crippen LogP contribution in [-0.4, -0.2) is 57.4 Å². The van der Waals surface area contributed by atoms with E-state index in [2.05, 4.69) is 0 Å². The molecule has 0 saturated heterocycles. The Kier molecular flexibility index (Phi) is 12.1. The zero-order chi connectivity index (χ0) is 31.8. The third-order valence-corrected chi connectivity index (χ3v) is 8.56. The minimum atomic E-state index is -0.794. The Morgan fingerprint density at radius 2 is 1.67 bits per heavy atom. The lowest BCUT2D eigenvalue weighted by atomic mass is 9.71. The van der Waals surface area contributed by atoms with Crippen molar-refractivity contribution in [2.45, 2.75) is 85.0 Å². The number of hydrogen-bond acceptors (Lipinski definition) is 8. The van der Waals surface area contributed by atoms with Crippen LogP contribution in [0, 0.1) is 17.8 Å². The van der Waals surface area contributed by atoms with Gasteiger partial charge >= 0.3 is 0 Å². The SMILES string of the molecule is CC(=O)CC(=O)C(CO)C(CCO)CC1CC(=O)c2c(O)c(CCC(=O)Cc3ccc(C(C)=O)cc3)cc(C(C)C)c2C1. The molecule has 0 saturated carbocycles. The Morgan fingerprint density at radius 3 is 2.23 bits per heavy atom. The van der Waals surface area contributed by atoms with Crippen molar-refractivity contribution < 1.29 is 39.3 Å². The number of aryl methyl sites for hydroxylation is 1. The molecule has 0 heterocycles. The van der Waals surface area contributed by atoms with Crippen molar-refractivity contribution in [2.24, 2.45) is 17.8 Å². The molecule has 43 heavy (non-hydrogen) atoms. The van der Waals surface area contributed by atoms with E-state index >= 15 is 0 Å². The van der Waals surface area contributed by atoms with Gasteiger partial charge in [-0.25, -0.2) is 0 Å². The summed E-state index contributed by atoms with van der Waals surface area (Å²) in [5.41, 5.74) is 3.95. The van der Waals surface area contributed by atoms with Gasteiger partial charge in [-0.15, -0.1) is 0 Å². The highest BCUT2D eigenvalue weighted by Gasteiger charge is 2.36. The van der Waals surface area contributed by atoms with Gasteiger partial charge in [-0.1, -0.05) is 44.2 Å². The second kappa shape index (κ2) is 15.3. The smallest absolute Gasteiger partial charge is 0.167 e. The molecule has 2 aromatic rings. The van der Waals surface area contributed by atoms with Crippen molar-refractivity contribution >= 4 is 28.9 Å². The topological polar surface area (TPSA) is 146 Å². The van der Waals surface area contributed by atoms with E-state index in [-0.39, 0.29) is 97.6 Å². The van der Waals surface area contributed by atoms with Crippen LogP contribution in [0.5, 0.6) is 5.75 Å². The lowest BCUT2D eigenvalue weighted by Gasteiger charge is -2.32. The first-order valence-corrected chi connectivity index (χ1v) is 15.1. The number of fused-ring (bicyclic) bond motifs is 1. The number of hydrogen-bond donors (Lipinski definition) is 3. The summed E-state index contributed by atoms with van der Waals surface area (Å²) in [5, 5.41) is 30.9. The largest absolute Gasteiger partial charge is 0.507 e. The first-order chi connectivity index (χ1) is 20.4. The standard InChI is InChI=1S/C35H44O8/c1-20(2)29-18-27(9-10-28(40)15-23-5-7-25(8-6-23)22(4)39)35(43)34-30(29)16-24(17-33(34)42)14-26(11-12-36)31(19-37)32(41)13-21(3)38/h5-8,18,20,24,26,31,36-37,43H,9-17,19H2,1-4H3. The molecule has 3 unspecified atom stereocenters. The molecule has 3 rings (SSSR count). The number of aromatic hydroxyl groups is 1. The summed E-state index contributed by atoms with van der Waals surface area (Å²) in [4.78, 5) is 62.0. The van der Waals surface area contributed by atoms with Crippen molar-refractivity contribution in [2.75, 3.05) is 13.2 Å². The van der Waals surface area contributed by atoms with Crippen LogP contribution in [0.2, 0.25) is 0 Å². The molecule has 0 amide bonds. The molecule has 2 aromatic carbocycles. The summed E-state index contributed by atoms with van der Waals surface area (Å²) in [6.45, 7) is 6.22. The van der Waals surface area contributed by atoms with Crippen LogP contribution in [0.25, 0.3) is 0 Å². The maximum atomic E-state index is 13.5. The van der Waals surface area contributed by atoms with Crippen molar-refractivity contribution in [3.05, 3.63) is 63.7 Å². The van der Waals surface area contributed by atoms with Crippen LogP contribution in [0.4, 0.5) is 0 Å². The van der Waals surface area contributed by atoms with E-state index in [0.717, 1.165) is 16.7 Å². The lowest BCUT2D eigenvalue weighted by Crippen LogP contribution is -2.32. The number of Topliss-reactive ketones (excluding diaryl/α,β-unsaturated/α-hetero) is 5. The minimum absolute atomic E-state index is 0.0159. The van der Waals surface area contributed by atoms with E-state index in [1.54, 1.807) is 24.3 Å². The Balaban J connectivity index is 1.80. The zero-order valence-electron chi connectivity index (χ0n) is 25.7. The molecule has 3 N–H and O–H groups in total. The molecule has 0 bridgehead atoms. The van der Waals surface area contributed by atoms with Crippen LogP contribution < -0.4 is 0 Å². The molecule has 1 aliphatic carbocycles. The Bertz CT molecular complexity index is 1350. The predicted molar refractivity (Wildman–Crippen MR) is 163 cm³/mol. The fourth-order valence-corrected chi connectivity index (χ4v) is 6.32. The number of rotatable bonds is 16. The molecule has 0 aliphatic heterocycles. The first-order valence-electron chi connectivity index (χ1n) is 15.1. The Hall–Kier alpha value is -3.49. The van der Waals surface area contributed by atoms with Gasteiger partial charge in [-0.3, -0.25) is 24.0 Å². The fourth-order valence-electron chi connectivity index (χ4n) is 6.32. The minimum Gasteiger partial charge on any atom is -0.507 e. The summed E-state index contributed by atoms with van der Waals surface area (Å²) in [6.07, 6.45) is 1.74. The van der Waals surface area contributed by atoms with Gasteiger partial charge in [0.05, 0.1) is 18.6 Å². The molecule has 0 spiro atoms. The Morgan fingerprint density at radius 1 is 1.00 bits per heavy atom. The van der Waals surface area contributed by atoms with Crippen LogP contribution in [0.1, 0.15) is 109 Å². The third-order valence-electron chi connectivity index (χ3n) is 8.56. The molecule has 232 valence electrons. The predicted octanol–water partition coefficient (Wildman–Crippen LogP) is 4.75. The number of aliphatic hydroxyl groups is 2. The lowest BCUT2D eigenvalue weighted by molar-refractivity contribution is -0.131. The molecule has 0 fully saturated rings. The second-order valence-electron chi connectivity index (χ2n) is 12.3. The van der Waals surface area contributed by atoms with Crippen molar-refractivity contribution in [1.29, 1.82) is 0 Å². The van der Waals surface area contributed by atoms with Crippen LogP contribution in [0.15, 0.2) is 30.3 Å². The van der Waals surface area contributed by atoms with Crippen molar-refractivity contribution in [3.63, 3.8) is 0 Å². The molecular formula is C35H44O8. The van der Waals surface area contributed by atoms with E-state index in [1.807, 2.05) is 19.9 Å². The van der Waals surface area contributed by atoms with E-state index < -0.39 is 12.5 Å². The summed E-state index contributed by atoms with van der Waals surface area (Å²) in [6, 6.07) is 8.83. The van der Waals surface area contributed by atoms with Crippen LogP contribution in [-0.2, 0) is 33.6 Å². The van der Waals surface area contributed by atoms with Gasteiger partial charge in [0.25, 0.3) is 0 Å². The van der Waals surface area contributed by atoms with Crippen molar-refractivity contribution in [1.82, 2.24) is 0 Å². The van der Waals surface area contributed by atoms with Gasteiger partial charge in [0.15, 0.2) is 11.6 Å². The normalized spacial score (nSPS) is 16.1. The average Bonchev–Trinajstić information content (AvgIpc) is 2.92. The molecular weight excluding hydrogens is 548 g/mol. The second-order valence-corrected chi connectivity index (χ2v) is 12.3. The highest BCUT2D eigenvalue weighted by molar-refractivity contribution is 6.02. The maximum absolute atomic E-state index is 13.5. The molecule has 8 heteroatoms. The summed E-state index contributed by atoms with van der Waals surface area (Å²) < 4.78 is 0. The number of phenolic OH excluding ortho intramolecular Hbond substituents is 1. The summed E-state index contributed by atoms with van der Waals surface area (Å²) in [7, 11) is 0. The number of phenols is 1. The fraction of sp³-hybridized carbons (Fsp3) is 0.514. The number of aliphatic hydroxyl groups excluding tert-OH is 2. The van der Waals surface area contributed by atoms with E-state index in [1.165, 1.54) is 13.8 Å². The quantitative estimate of drug-likeness (QED) is 0.187. The first kappa shape index (κ1) is 34.0. The van der Waals surface area contributed by atoms with Gasteiger partial charge in [0.1, 0.15) is 23.1 Å². The zero-order valence-corrected chi connectivity index (χ0v) is 25.7. The number of carbonyl (C=O) groups is 5. The van der Waals surface area contributed by atoms with Gasteiger partial charge in [0, 0.05) is 37.4 Å². The summed E-state index contributed by atoms with van der Waals surface area (Å²) >= 11 is 0. The molecule has 0 aromatic heterocycles.